The van der Waals surface area contributed by atoms with Crippen molar-refractivity contribution in [3.05, 3.63) is 76.7 Å². The van der Waals surface area contributed by atoms with Crippen molar-refractivity contribution in [1.82, 2.24) is 19.7 Å². The predicted octanol–water partition coefficient (Wildman–Crippen LogP) is 6.20. The number of pyridine rings is 1. The summed E-state index contributed by atoms with van der Waals surface area (Å²) in [5, 5.41) is 14.2. The van der Waals surface area contributed by atoms with Crippen LogP contribution in [0.1, 0.15) is 41.1 Å². The minimum absolute atomic E-state index is 0.127. The van der Waals surface area contributed by atoms with Crippen molar-refractivity contribution in [2.75, 3.05) is 11.1 Å². The Balaban J connectivity index is 1.26. The Bertz CT molecular complexity index is 1760. The van der Waals surface area contributed by atoms with Crippen LogP contribution < -0.4 is 11.1 Å². The predicted molar refractivity (Wildman–Crippen MR) is 165 cm³/mol. The number of rotatable bonds is 8. The summed E-state index contributed by atoms with van der Waals surface area (Å²) in [4.78, 5) is 31.4. The van der Waals surface area contributed by atoms with Gasteiger partial charge in [0.05, 0.1) is 22.5 Å². The van der Waals surface area contributed by atoms with Gasteiger partial charge in [-0.25, -0.2) is 4.98 Å². The Morgan fingerprint density at radius 3 is 2.68 bits per heavy atom. The van der Waals surface area contributed by atoms with E-state index in [2.05, 4.69) is 28.5 Å². The van der Waals surface area contributed by atoms with Crippen molar-refractivity contribution in [2.24, 2.45) is 11.7 Å². The fourth-order valence-corrected chi connectivity index (χ4v) is 7.62. The minimum Gasteiger partial charge on any atom is -0.365 e. The average molecular weight is 583 g/mol. The number of hydrogen-bond donors (Lipinski definition) is 2. The molecule has 0 aliphatic heterocycles. The smallest absolute Gasteiger partial charge is 0.251 e. The van der Waals surface area contributed by atoms with Crippen LogP contribution in [0.3, 0.4) is 0 Å². The number of amides is 2. The van der Waals surface area contributed by atoms with Crippen LogP contribution >= 0.6 is 23.1 Å². The Hall–Kier alpha value is -4.02. The molecule has 3 N–H and O–H groups in total. The lowest BCUT2D eigenvalue weighted by Crippen LogP contribution is -2.20. The number of aromatic nitrogens is 4. The number of nitrogens with one attached hydrogen (secondary N) is 1. The molecular formula is C31H30N6O2S2. The normalized spacial score (nSPS) is 14.6. The quantitative estimate of drug-likeness (QED) is 0.211. The number of fused-ring (bicyclic) bond motifs is 2. The molecule has 208 valence electrons. The van der Waals surface area contributed by atoms with Gasteiger partial charge in [0.2, 0.25) is 5.91 Å². The fourth-order valence-electron chi connectivity index (χ4n) is 5.39. The standard InChI is InChI=1S/C31H30N6O2S2/c1-3-37-29(22-16-24(19-9-5-4-6-10-19)33-23-12-8-7-11-20(22)23)35-36-31(37)40-17-26(38)34-30-27(28(32)39)21-14-13-18(2)15-25(21)41-30/h4-12,16,18H,3,13-15,17H2,1-2H3,(H2,32,39)(H,34,38). The third kappa shape index (κ3) is 5.37. The number of primary amides is 1. The van der Waals surface area contributed by atoms with Crippen molar-refractivity contribution in [2.45, 2.75) is 44.8 Å². The lowest BCUT2D eigenvalue weighted by molar-refractivity contribution is -0.113. The van der Waals surface area contributed by atoms with Crippen LogP contribution in [0.4, 0.5) is 5.00 Å². The van der Waals surface area contributed by atoms with Crippen LogP contribution in [0.25, 0.3) is 33.5 Å². The van der Waals surface area contributed by atoms with Crippen LogP contribution in [-0.2, 0) is 24.2 Å². The first kappa shape index (κ1) is 27.2. The van der Waals surface area contributed by atoms with Gasteiger partial charge in [-0.2, -0.15) is 0 Å². The molecule has 0 saturated carbocycles. The van der Waals surface area contributed by atoms with Crippen LogP contribution in [0.2, 0.25) is 0 Å². The first-order chi connectivity index (χ1) is 19.9. The molecule has 1 unspecified atom stereocenters. The fraction of sp³-hybridized carbons (Fsp3) is 0.258. The molecule has 1 aliphatic carbocycles. The number of anilines is 1. The maximum Gasteiger partial charge on any atom is 0.251 e. The van der Waals surface area contributed by atoms with Gasteiger partial charge < -0.3 is 15.6 Å². The van der Waals surface area contributed by atoms with E-state index in [4.69, 9.17) is 10.7 Å². The third-order valence-electron chi connectivity index (χ3n) is 7.40. The minimum atomic E-state index is -0.491. The van der Waals surface area contributed by atoms with Gasteiger partial charge in [0.15, 0.2) is 11.0 Å². The molecule has 3 heterocycles. The number of para-hydroxylation sites is 1. The molecule has 3 aromatic heterocycles. The highest BCUT2D eigenvalue weighted by Gasteiger charge is 2.27. The summed E-state index contributed by atoms with van der Waals surface area (Å²) in [5.41, 5.74) is 10.9. The second kappa shape index (κ2) is 11.5. The van der Waals surface area contributed by atoms with Crippen molar-refractivity contribution < 1.29 is 9.59 Å². The molecule has 41 heavy (non-hydrogen) atoms. The van der Waals surface area contributed by atoms with Gasteiger partial charge >= 0.3 is 0 Å². The molecule has 0 saturated heterocycles. The van der Waals surface area contributed by atoms with Gasteiger partial charge in [0.1, 0.15) is 5.00 Å². The molecular weight excluding hydrogens is 553 g/mol. The zero-order valence-electron chi connectivity index (χ0n) is 22.9. The van der Waals surface area contributed by atoms with Crippen LogP contribution in [-0.4, -0.2) is 37.3 Å². The van der Waals surface area contributed by atoms with Crippen LogP contribution in [0, 0.1) is 5.92 Å². The number of nitrogens with two attached hydrogens (primary N) is 1. The van der Waals surface area contributed by atoms with Gasteiger partial charge in [-0.3, -0.25) is 9.59 Å². The van der Waals surface area contributed by atoms with Gasteiger partial charge in [-0.15, -0.1) is 21.5 Å². The third-order valence-corrected chi connectivity index (χ3v) is 9.54. The van der Waals surface area contributed by atoms with E-state index in [0.29, 0.717) is 28.2 Å². The summed E-state index contributed by atoms with van der Waals surface area (Å²) in [6.45, 7) is 4.87. The SMILES string of the molecule is CCn1c(SCC(=O)Nc2sc3c(c2C(N)=O)CCC(C)C3)nnc1-c1cc(-c2ccccc2)nc2ccccc12. The van der Waals surface area contributed by atoms with Crippen molar-refractivity contribution >= 4 is 50.8 Å². The van der Waals surface area contributed by atoms with Gasteiger partial charge in [0, 0.05) is 27.9 Å². The Labute approximate surface area is 246 Å². The summed E-state index contributed by atoms with van der Waals surface area (Å²) in [5.74, 6) is 0.702. The number of carbonyl (C=O) groups is 2. The van der Waals surface area contributed by atoms with E-state index >= 15 is 0 Å². The molecule has 2 amide bonds. The van der Waals surface area contributed by atoms with Crippen molar-refractivity contribution in [3.8, 4) is 22.6 Å². The van der Waals surface area contributed by atoms with E-state index < -0.39 is 5.91 Å². The number of hydrogen-bond acceptors (Lipinski definition) is 7. The largest absolute Gasteiger partial charge is 0.365 e. The van der Waals surface area contributed by atoms with E-state index in [1.54, 1.807) is 0 Å². The van der Waals surface area contributed by atoms with Gasteiger partial charge in [-0.1, -0.05) is 67.2 Å². The summed E-state index contributed by atoms with van der Waals surface area (Å²) in [7, 11) is 0. The van der Waals surface area contributed by atoms with Crippen molar-refractivity contribution in [1.29, 1.82) is 0 Å². The lowest BCUT2D eigenvalue weighted by atomic mass is 9.88. The first-order valence-electron chi connectivity index (χ1n) is 13.7. The Morgan fingerprint density at radius 2 is 1.90 bits per heavy atom. The molecule has 1 aliphatic rings. The summed E-state index contributed by atoms with van der Waals surface area (Å²) in [6, 6.07) is 20.1. The second-order valence-electron chi connectivity index (χ2n) is 10.2. The first-order valence-corrected chi connectivity index (χ1v) is 15.5. The van der Waals surface area contributed by atoms with Gasteiger partial charge in [-0.05, 0) is 49.8 Å². The van der Waals surface area contributed by atoms with E-state index in [0.717, 1.165) is 63.3 Å². The Kier molecular flexibility index (Phi) is 7.59. The average Bonchev–Trinajstić information content (AvgIpc) is 3.56. The highest BCUT2D eigenvalue weighted by molar-refractivity contribution is 7.99. The maximum absolute atomic E-state index is 13.0. The number of nitrogens with zero attached hydrogens (tertiary/aromatic N) is 4. The van der Waals surface area contributed by atoms with E-state index in [-0.39, 0.29) is 11.7 Å². The highest BCUT2D eigenvalue weighted by Crippen LogP contribution is 2.40. The number of carbonyl (C=O) groups excluding carboxylic acids is 2. The van der Waals surface area contributed by atoms with Crippen molar-refractivity contribution in [3.63, 3.8) is 0 Å². The molecule has 2 aromatic carbocycles. The van der Waals surface area contributed by atoms with Crippen LogP contribution in [0.5, 0.6) is 0 Å². The zero-order chi connectivity index (χ0) is 28.5. The monoisotopic (exact) mass is 582 g/mol. The molecule has 10 heteroatoms. The molecule has 0 radical (unpaired) electrons. The topological polar surface area (TPSA) is 116 Å². The van der Waals surface area contributed by atoms with E-state index in [1.165, 1.54) is 23.1 Å². The molecule has 5 aromatic rings. The number of thioether (sulfide) groups is 1. The number of benzene rings is 2. The molecule has 8 nitrogen and oxygen atoms in total. The van der Waals surface area contributed by atoms with E-state index in [1.807, 2.05) is 66.1 Å². The zero-order valence-corrected chi connectivity index (χ0v) is 24.5. The van der Waals surface area contributed by atoms with E-state index in [9.17, 15) is 9.59 Å². The second-order valence-corrected chi connectivity index (χ2v) is 12.3. The molecule has 0 bridgehead atoms. The maximum atomic E-state index is 13.0. The highest BCUT2D eigenvalue weighted by atomic mass is 32.2. The molecule has 1 atom stereocenters. The summed E-state index contributed by atoms with van der Waals surface area (Å²) < 4.78 is 2.02. The summed E-state index contributed by atoms with van der Waals surface area (Å²) >= 11 is 2.79. The Morgan fingerprint density at radius 1 is 1.12 bits per heavy atom. The summed E-state index contributed by atoms with van der Waals surface area (Å²) in [6.07, 6.45) is 2.73. The number of thiophene rings is 1. The molecule has 6 rings (SSSR count). The van der Waals surface area contributed by atoms with Crippen LogP contribution in [0.15, 0.2) is 65.8 Å². The molecule has 0 fully saturated rings. The van der Waals surface area contributed by atoms with Gasteiger partial charge in [0.25, 0.3) is 5.91 Å². The molecule has 0 spiro atoms. The lowest BCUT2D eigenvalue weighted by Gasteiger charge is -2.18.